The number of carbonyl (C=O) groups excluding carboxylic acids is 2. The van der Waals surface area contributed by atoms with E-state index in [4.69, 9.17) is 32.5 Å². The molecule has 40 heavy (non-hydrogen) atoms. The van der Waals surface area contributed by atoms with Crippen LogP contribution in [0.1, 0.15) is 70.3 Å². The number of piperidine rings is 1. The summed E-state index contributed by atoms with van der Waals surface area (Å²) in [5, 5.41) is 5.96. The molecule has 4 unspecified atom stereocenters. The molecule has 4 rings (SSSR count). The molecule has 1 aromatic rings. The number of nitrogens with one attached hydrogen (secondary N) is 3. The molecule has 1 saturated carbocycles. The number of methoxy groups -OCH3 is 1. The minimum atomic E-state index is -1.24. The summed E-state index contributed by atoms with van der Waals surface area (Å²) >= 11 is 6.08. The Morgan fingerprint density at radius 1 is 1.18 bits per heavy atom. The van der Waals surface area contributed by atoms with Crippen LogP contribution in [-0.4, -0.2) is 61.6 Å². The number of nitrogens with zero attached hydrogens (tertiary/aromatic N) is 1. The van der Waals surface area contributed by atoms with E-state index < -0.39 is 5.66 Å². The third kappa shape index (κ3) is 8.11. The van der Waals surface area contributed by atoms with Gasteiger partial charge in [-0.25, -0.2) is 4.99 Å². The summed E-state index contributed by atoms with van der Waals surface area (Å²) in [5.74, 6) is 0.496. The fourth-order valence-electron chi connectivity index (χ4n) is 6.00. The lowest BCUT2D eigenvalue weighted by Gasteiger charge is -2.38. The number of halogens is 1. The normalized spacial score (nSPS) is 27.4. The standard InChI is InChI=1S/C29H43ClN6O4/c1-29(32)25(34-26(30)27(31)35-29)28(38)33-20-12-13-21(17-24(37)40-23-8-4-3-5-9-23)36(18-20)16-6-7-19-10-14-22(39-2)15-11-19/h10-11,14-15,20-21,23,35H,3-9,12-13,16-18,31-32H2,1-2H3,(H,33,38)/p+1. The van der Waals surface area contributed by atoms with Crippen LogP contribution in [0.15, 0.2) is 40.2 Å². The van der Waals surface area contributed by atoms with Crippen molar-refractivity contribution in [1.82, 2.24) is 10.6 Å². The van der Waals surface area contributed by atoms with Crippen molar-refractivity contribution in [3.8, 4) is 5.75 Å². The molecule has 3 aliphatic rings. The lowest BCUT2D eigenvalue weighted by atomic mass is 9.94. The number of hydrogen-bond donors (Lipinski definition) is 5. The number of hydrogen-bond acceptors (Lipinski definition) is 8. The minimum Gasteiger partial charge on any atom is -0.497 e. The first-order valence-electron chi connectivity index (χ1n) is 14.4. The van der Waals surface area contributed by atoms with Crippen LogP contribution in [0, 0.1) is 0 Å². The molecule has 1 aromatic carbocycles. The van der Waals surface area contributed by atoms with Gasteiger partial charge >= 0.3 is 5.97 Å². The SMILES string of the molecule is COc1ccc(CCC[NH+]2CC(NC(=O)C3=NC(Cl)=C(N)NC3(C)N)CCC2CC(=O)OC2CCCCC2)cc1. The lowest BCUT2D eigenvalue weighted by molar-refractivity contribution is -0.931. The molecular weight excluding hydrogens is 532 g/mol. The van der Waals surface area contributed by atoms with Gasteiger partial charge in [-0.3, -0.25) is 9.59 Å². The predicted molar refractivity (Wildman–Crippen MR) is 155 cm³/mol. The highest BCUT2D eigenvalue weighted by molar-refractivity contribution is 6.44. The van der Waals surface area contributed by atoms with Crippen molar-refractivity contribution in [2.75, 3.05) is 20.2 Å². The fraction of sp³-hybridized carbons (Fsp3) is 0.621. The van der Waals surface area contributed by atoms with Crippen molar-refractivity contribution in [3.05, 3.63) is 40.8 Å². The quantitative estimate of drug-likeness (QED) is 0.210. The van der Waals surface area contributed by atoms with Crippen LogP contribution in [0.2, 0.25) is 0 Å². The van der Waals surface area contributed by atoms with Gasteiger partial charge in [-0.2, -0.15) is 0 Å². The minimum absolute atomic E-state index is 0.0130. The number of quaternary nitrogens is 1. The largest absolute Gasteiger partial charge is 0.497 e. The summed E-state index contributed by atoms with van der Waals surface area (Å²) in [7, 11) is 1.66. The summed E-state index contributed by atoms with van der Waals surface area (Å²) in [4.78, 5) is 31.6. The van der Waals surface area contributed by atoms with Gasteiger partial charge in [0.15, 0.2) is 5.16 Å². The van der Waals surface area contributed by atoms with Gasteiger partial charge < -0.3 is 36.5 Å². The molecule has 2 aliphatic heterocycles. The Morgan fingerprint density at radius 3 is 2.60 bits per heavy atom. The number of benzene rings is 1. The molecule has 0 aromatic heterocycles. The summed E-state index contributed by atoms with van der Waals surface area (Å²) < 4.78 is 11.1. The maximum atomic E-state index is 13.2. The molecule has 1 amide bonds. The lowest BCUT2D eigenvalue weighted by Crippen LogP contribution is -3.18. The molecule has 2 heterocycles. The average molecular weight is 576 g/mol. The van der Waals surface area contributed by atoms with E-state index in [2.05, 4.69) is 27.8 Å². The van der Waals surface area contributed by atoms with Crippen LogP contribution in [0.25, 0.3) is 0 Å². The Balaban J connectivity index is 1.38. The zero-order valence-electron chi connectivity index (χ0n) is 23.6. The van der Waals surface area contributed by atoms with E-state index >= 15 is 0 Å². The zero-order chi connectivity index (χ0) is 28.7. The Hall–Kier alpha value is -2.82. The van der Waals surface area contributed by atoms with E-state index in [1.165, 1.54) is 16.9 Å². The van der Waals surface area contributed by atoms with Crippen molar-refractivity contribution in [3.63, 3.8) is 0 Å². The summed E-state index contributed by atoms with van der Waals surface area (Å²) in [5.41, 5.74) is 12.2. The topological polar surface area (TPSA) is 146 Å². The van der Waals surface area contributed by atoms with Crippen molar-refractivity contribution in [1.29, 1.82) is 0 Å². The highest BCUT2D eigenvalue weighted by Gasteiger charge is 2.39. The third-order valence-corrected chi connectivity index (χ3v) is 8.49. The van der Waals surface area contributed by atoms with E-state index in [-0.39, 0.29) is 46.8 Å². The van der Waals surface area contributed by atoms with Crippen LogP contribution in [0.3, 0.4) is 0 Å². The van der Waals surface area contributed by atoms with Crippen molar-refractivity contribution < 1.29 is 24.0 Å². The molecule has 4 atom stereocenters. The zero-order valence-corrected chi connectivity index (χ0v) is 24.4. The Bertz CT molecular complexity index is 1100. The van der Waals surface area contributed by atoms with Gasteiger partial charge in [0, 0.05) is 12.8 Å². The van der Waals surface area contributed by atoms with E-state index in [0.717, 1.165) is 63.7 Å². The number of aryl methyl sites for hydroxylation is 1. The van der Waals surface area contributed by atoms with Gasteiger partial charge in [0.2, 0.25) is 0 Å². The monoisotopic (exact) mass is 575 g/mol. The van der Waals surface area contributed by atoms with Gasteiger partial charge in [-0.1, -0.05) is 30.2 Å². The Morgan fingerprint density at radius 2 is 1.90 bits per heavy atom. The summed E-state index contributed by atoms with van der Waals surface area (Å²) in [6.07, 6.45) is 9.29. The Kier molecular flexibility index (Phi) is 10.3. The second-order valence-electron chi connectivity index (χ2n) is 11.5. The smallest absolute Gasteiger partial charge is 0.312 e. The molecule has 0 bridgehead atoms. The van der Waals surface area contributed by atoms with Gasteiger partial charge in [-0.05, 0) is 63.1 Å². The van der Waals surface area contributed by atoms with Crippen molar-refractivity contribution in [2.45, 2.75) is 95.0 Å². The average Bonchev–Trinajstić information content (AvgIpc) is 2.92. The van der Waals surface area contributed by atoms with Crippen LogP contribution >= 0.6 is 11.6 Å². The number of rotatable bonds is 10. The maximum absolute atomic E-state index is 13.2. The van der Waals surface area contributed by atoms with Crippen molar-refractivity contribution >= 4 is 29.2 Å². The van der Waals surface area contributed by atoms with Gasteiger partial charge in [0.1, 0.15) is 29.0 Å². The first kappa shape index (κ1) is 30.1. The number of esters is 1. The predicted octanol–water partition coefficient (Wildman–Crippen LogP) is 1.47. The highest BCUT2D eigenvalue weighted by atomic mass is 35.5. The van der Waals surface area contributed by atoms with Gasteiger partial charge in [0.05, 0.1) is 38.7 Å². The molecule has 1 aliphatic carbocycles. The van der Waals surface area contributed by atoms with Crippen LogP contribution < -0.4 is 31.7 Å². The Labute approximate surface area is 241 Å². The second kappa shape index (κ2) is 13.7. The van der Waals surface area contributed by atoms with E-state index in [1.807, 2.05) is 12.1 Å². The molecule has 11 heteroatoms. The van der Waals surface area contributed by atoms with Crippen LogP contribution in [-0.2, 0) is 20.7 Å². The number of nitrogens with two attached hydrogens (primary N) is 2. The molecule has 0 spiro atoms. The van der Waals surface area contributed by atoms with E-state index in [1.54, 1.807) is 14.0 Å². The molecule has 10 nitrogen and oxygen atoms in total. The maximum Gasteiger partial charge on any atom is 0.312 e. The van der Waals surface area contributed by atoms with E-state index in [9.17, 15) is 9.59 Å². The first-order valence-corrected chi connectivity index (χ1v) is 14.8. The van der Waals surface area contributed by atoms with Gasteiger partial charge in [0.25, 0.3) is 5.91 Å². The van der Waals surface area contributed by atoms with Gasteiger partial charge in [-0.15, -0.1) is 0 Å². The molecule has 0 radical (unpaired) electrons. The molecular formula is C29H44ClN6O4+. The third-order valence-electron chi connectivity index (χ3n) is 8.20. The van der Waals surface area contributed by atoms with Crippen LogP contribution in [0.4, 0.5) is 0 Å². The molecule has 1 saturated heterocycles. The van der Waals surface area contributed by atoms with E-state index in [0.29, 0.717) is 13.0 Å². The molecule has 220 valence electrons. The summed E-state index contributed by atoms with van der Waals surface area (Å²) in [6.45, 7) is 3.21. The highest BCUT2D eigenvalue weighted by Crippen LogP contribution is 2.22. The molecule has 2 fully saturated rings. The fourth-order valence-corrected chi connectivity index (χ4v) is 6.13. The molecule has 7 N–H and O–H groups in total. The summed E-state index contributed by atoms with van der Waals surface area (Å²) in [6, 6.07) is 8.17. The second-order valence-corrected chi connectivity index (χ2v) is 11.8. The number of aliphatic imine (C=N–C) groups is 1. The first-order chi connectivity index (χ1) is 19.1. The van der Waals surface area contributed by atoms with Crippen LogP contribution in [0.5, 0.6) is 5.75 Å². The number of carbonyl (C=O) groups is 2. The van der Waals surface area contributed by atoms with Crippen molar-refractivity contribution in [2.24, 2.45) is 16.5 Å². The number of likely N-dealkylation sites (tertiary alicyclic amines) is 1. The number of amides is 1. The number of ether oxygens (including phenoxy) is 2.